The van der Waals surface area contributed by atoms with Gasteiger partial charge in [-0.3, -0.25) is 0 Å². The zero-order chi connectivity index (χ0) is 11.4. The number of ether oxygens (including phenoxy) is 1. The Kier molecular flexibility index (Phi) is 3.94. The molecule has 1 aliphatic carbocycles. The topological polar surface area (TPSA) is 35.2 Å². The van der Waals surface area contributed by atoms with Gasteiger partial charge in [0.25, 0.3) is 0 Å². The third-order valence-electron chi connectivity index (χ3n) is 3.07. The van der Waals surface area contributed by atoms with Crippen molar-refractivity contribution in [2.24, 2.45) is 0 Å². The van der Waals surface area contributed by atoms with Gasteiger partial charge < -0.3 is 10.5 Å². The van der Waals surface area contributed by atoms with Crippen molar-refractivity contribution in [3.8, 4) is 5.75 Å². The van der Waals surface area contributed by atoms with E-state index in [-0.39, 0.29) is 0 Å². The molecule has 0 unspecified atom stereocenters. The van der Waals surface area contributed by atoms with Crippen LogP contribution in [0.1, 0.15) is 38.5 Å². The molecule has 0 atom stereocenters. The van der Waals surface area contributed by atoms with Gasteiger partial charge in [0.15, 0.2) is 0 Å². The molecule has 1 fully saturated rings. The van der Waals surface area contributed by atoms with Crippen LogP contribution in [0.2, 0.25) is 5.02 Å². The minimum Gasteiger partial charge on any atom is -0.488 e. The lowest BCUT2D eigenvalue weighted by atomic mass is 10.1. The summed E-state index contributed by atoms with van der Waals surface area (Å²) in [6.07, 6.45) is 7.73. The second-order valence-corrected chi connectivity index (χ2v) is 4.85. The van der Waals surface area contributed by atoms with Crippen LogP contribution in [0.4, 0.5) is 5.69 Å². The van der Waals surface area contributed by atoms with Crippen molar-refractivity contribution < 1.29 is 4.74 Å². The van der Waals surface area contributed by atoms with Crippen LogP contribution in [0, 0.1) is 0 Å². The minimum absolute atomic E-state index is 0.309. The van der Waals surface area contributed by atoms with E-state index in [1.54, 1.807) is 12.1 Å². The summed E-state index contributed by atoms with van der Waals surface area (Å²) >= 11 is 5.93. The molecule has 2 nitrogen and oxygen atoms in total. The third kappa shape index (κ3) is 3.05. The molecule has 0 heterocycles. The van der Waals surface area contributed by atoms with E-state index in [1.807, 2.05) is 6.07 Å². The van der Waals surface area contributed by atoms with Crippen LogP contribution < -0.4 is 10.5 Å². The lowest BCUT2D eigenvalue weighted by Gasteiger charge is -2.18. The van der Waals surface area contributed by atoms with Crippen molar-refractivity contribution in [1.29, 1.82) is 0 Å². The maximum atomic E-state index is 5.94. The molecule has 1 aromatic rings. The molecule has 1 aromatic carbocycles. The fraction of sp³-hybridized carbons (Fsp3) is 0.538. The molecule has 0 amide bonds. The van der Waals surface area contributed by atoms with Crippen LogP contribution in [0.15, 0.2) is 18.2 Å². The molecule has 16 heavy (non-hydrogen) atoms. The predicted molar refractivity (Wildman–Crippen MR) is 68.0 cm³/mol. The quantitative estimate of drug-likeness (QED) is 0.625. The molecular weight excluding hydrogens is 222 g/mol. The minimum atomic E-state index is 0.309. The lowest BCUT2D eigenvalue weighted by Crippen LogP contribution is -2.15. The molecule has 2 rings (SSSR count). The summed E-state index contributed by atoms with van der Waals surface area (Å²) in [6.45, 7) is 0. The van der Waals surface area contributed by atoms with Gasteiger partial charge in [-0.05, 0) is 37.8 Å². The zero-order valence-corrected chi connectivity index (χ0v) is 10.2. The first-order chi connectivity index (χ1) is 7.75. The smallest absolute Gasteiger partial charge is 0.144 e. The molecule has 0 saturated heterocycles. The van der Waals surface area contributed by atoms with Gasteiger partial charge in [0.1, 0.15) is 5.75 Å². The summed E-state index contributed by atoms with van der Waals surface area (Å²) in [5.41, 5.74) is 6.54. The molecule has 3 heteroatoms. The summed E-state index contributed by atoms with van der Waals surface area (Å²) in [7, 11) is 0. The van der Waals surface area contributed by atoms with E-state index in [9.17, 15) is 0 Å². The van der Waals surface area contributed by atoms with E-state index >= 15 is 0 Å². The van der Waals surface area contributed by atoms with Crippen molar-refractivity contribution in [3.63, 3.8) is 0 Å². The third-order valence-corrected chi connectivity index (χ3v) is 3.31. The predicted octanol–water partition coefficient (Wildman–Crippen LogP) is 4.02. The van der Waals surface area contributed by atoms with E-state index in [4.69, 9.17) is 22.1 Å². The monoisotopic (exact) mass is 239 g/mol. The van der Waals surface area contributed by atoms with E-state index < -0.39 is 0 Å². The van der Waals surface area contributed by atoms with Gasteiger partial charge in [-0.25, -0.2) is 0 Å². The highest BCUT2D eigenvalue weighted by Gasteiger charge is 2.14. The van der Waals surface area contributed by atoms with E-state index in [0.717, 1.165) is 18.6 Å². The first-order valence-corrected chi connectivity index (χ1v) is 6.35. The average Bonchev–Trinajstić information content (AvgIpc) is 2.52. The normalized spacial score (nSPS) is 18.1. The first-order valence-electron chi connectivity index (χ1n) is 5.97. The van der Waals surface area contributed by atoms with Gasteiger partial charge >= 0.3 is 0 Å². The standard InChI is InChI=1S/C13H18ClNO/c14-10-7-8-12(15)13(9-10)16-11-5-3-1-2-4-6-11/h7-9,11H,1-6,15H2. The molecule has 0 radical (unpaired) electrons. The number of nitrogens with two attached hydrogens (primary N) is 1. The second kappa shape index (κ2) is 5.44. The molecule has 0 aliphatic heterocycles. The SMILES string of the molecule is Nc1ccc(Cl)cc1OC1CCCCCC1. The summed E-state index contributed by atoms with van der Waals surface area (Å²) in [5, 5.41) is 0.679. The van der Waals surface area contributed by atoms with Gasteiger partial charge in [-0.2, -0.15) is 0 Å². The Morgan fingerprint density at radius 1 is 1.12 bits per heavy atom. The summed E-state index contributed by atoms with van der Waals surface area (Å²) < 4.78 is 5.94. The molecule has 0 aromatic heterocycles. The van der Waals surface area contributed by atoms with Gasteiger partial charge in [0.2, 0.25) is 0 Å². The zero-order valence-electron chi connectivity index (χ0n) is 9.42. The van der Waals surface area contributed by atoms with E-state index in [0.29, 0.717) is 16.8 Å². The number of hydrogen-bond acceptors (Lipinski definition) is 2. The molecule has 0 spiro atoms. The number of anilines is 1. The van der Waals surface area contributed by atoms with Crippen molar-refractivity contribution in [2.45, 2.75) is 44.6 Å². The Balaban J connectivity index is 2.04. The van der Waals surface area contributed by atoms with Crippen molar-refractivity contribution in [2.75, 3.05) is 5.73 Å². The molecule has 1 saturated carbocycles. The number of rotatable bonds is 2. The fourth-order valence-corrected chi connectivity index (χ4v) is 2.31. The Labute approximate surface area is 102 Å². The van der Waals surface area contributed by atoms with E-state index in [1.165, 1.54) is 25.7 Å². The summed E-state index contributed by atoms with van der Waals surface area (Å²) in [4.78, 5) is 0. The van der Waals surface area contributed by atoms with E-state index in [2.05, 4.69) is 0 Å². The average molecular weight is 240 g/mol. The maximum absolute atomic E-state index is 5.94. The molecule has 0 bridgehead atoms. The largest absolute Gasteiger partial charge is 0.488 e. The summed E-state index contributed by atoms with van der Waals surface area (Å²) in [5.74, 6) is 0.736. The van der Waals surface area contributed by atoms with Crippen LogP contribution in [0.25, 0.3) is 0 Å². The van der Waals surface area contributed by atoms with Crippen LogP contribution >= 0.6 is 11.6 Å². The van der Waals surface area contributed by atoms with Crippen LogP contribution in [0.5, 0.6) is 5.75 Å². The van der Waals surface area contributed by atoms with Crippen molar-refractivity contribution in [3.05, 3.63) is 23.2 Å². The number of halogens is 1. The Bertz CT molecular complexity index is 346. The van der Waals surface area contributed by atoms with Gasteiger partial charge in [-0.1, -0.05) is 24.4 Å². The van der Waals surface area contributed by atoms with Crippen LogP contribution in [0.3, 0.4) is 0 Å². The molecule has 1 aliphatic rings. The van der Waals surface area contributed by atoms with Crippen LogP contribution in [-0.4, -0.2) is 6.10 Å². The van der Waals surface area contributed by atoms with Gasteiger partial charge in [-0.15, -0.1) is 0 Å². The highest BCUT2D eigenvalue weighted by atomic mass is 35.5. The number of benzene rings is 1. The highest BCUT2D eigenvalue weighted by molar-refractivity contribution is 6.30. The molecular formula is C13H18ClNO. The summed E-state index contributed by atoms with van der Waals surface area (Å²) in [6, 6.07) is 5.40. The number of nitrogen functional groups attached to an aromatic ring is 1. The Morgan fingerprint density at radius 3 is 2.50 bits per heavy atom. The first kappa shape index (κ1) is 11.6. The number of hydrogen-bond donors (Lipinski definition) is 1. The molecule has 2 N–H and O–H groups in total. The van der Waals surface area contributed by atoms with Crippen molar-refractivity contribution >= 4 is 17.3 Å². The maximum Gasteiger partial charge on any atom is 0.144 e. The van der Waals surface area contributed by atoms with Gasteiger partial charge in [0.05, 0.1) is 11.8 Å². The van der Waals surface area contributed by atoms with Crippen LogP contribution in [-0.2, 0) is 0 Å². The van der Waals surface area contributed by atoms with Crippen molar-refractivity contribution in [1.82, 2.24) is 0 Å². The molecule has 88 valence electrons. The highest BCUT2D eigenvalue weighted by Crippen LogP contribution is 2.29. The Hall–Kier alpha value is -0.890. The lowest BCUT2D eigenvalue weighted by molar-refractivity contribution is 0.185. The van der Waals surface area contributed by atoms with Gasteiger partial charge in [0, 0.05) is 11.1 Å². The fourth-order valence-electron chi connectivity index (χ4n) is 2.15. The second-order valence-electron chi connectivity index (χ2n) is 4.41. The Morgan fingerprint density at radius 2 is 1.81 bits per heavy atom.